The number of H-pyrrole nitrogens is 1. The van der Waals surface area contributed by atoms with Gasteiger partial charge in [0.2, 0.25) is 17.6 Å². The van der Waals surface area contributed by atoms with E-state index >= 15 is 0 Å². The number of pyridine rings is 1. The van der Waals surface area contributed by atoms with Crippen molar-refractivity contribution in [3.05, 3.63) is 60.2 Å². The number of carbonyl (C=O) groups is 2. The summed E-state index contributed by atoms with van der Waals surface area (Å²) in [5.41, 5.74) is 1.26. The van der Waals surface area contributed by atoms with E-state index in [0.717, 1.165) is 16.5 Å². The fourth-order valence-electron chi connectivity index (χ4n) is 4.44. The van der Waals surface area contributed by atoms with Gasteiger partial charge in [-0.3, -0.25) is 14.6 Å². The summed E-state index contributed by atoms with van der Waals surface area (Å²) in [6.45, 7) is 1.37. The van der Waals surface area contributed by atoms with Crippen LogP contribution in [-0.2, 0) is 22.6 Å². The van der Waals surface area contributed by atoms with Crippen LogP contribution in [0.1, 0.15) is 18.4 Å². The molecule has 4 heterocycles. The highest BCUT2D eigenvalue weighted by atomic mass is 19.1. The molecule has 3 aromatic heterocycles. The predicted octanol–water partition coefficient (Wildman–Crippen LogP) is 0.953. The van der Waals surface area contributed by atoms with Crippen LogP contribution in [0.5, 0.6) is 0 Å². The number of carbonyl (C=O) groups excluding carboxylic acids is 2. The zero-order chi connectivity index (χ0) is 25.0. The van der Waals surface area contributed by atoms with Crippen LogP contribution in [0.25, 0.3) is 22.4 Å². The summed E-state index contributed by atoms with van der Waals surface area (Å²) in [7, 11) is 0. The van der Waals surface area contributed by atoms with E-state index in [0.29, 0.717) is 50.4 Å². The van der Waals surface area contributed by atoms with Crippen molar-refractivity contribution in [2.75, 3.05) is 19.6 Å². The third kappa shape index (κ3) is 5.08. The number of hydrogen-bond acceptors (Lipinski definition) is 7. The molecule has 0 unspecified atom stereocenters. The van der Waals surface area contributed by atoms with Gasteiger partial charge in [0.1, 0.15) is 23.6 Å². The molecular weight excluding hydrogens is 465 g/mol. The number of aromatic amines is 1. The predicted molar refractivity (Wildman–Crippen MR) is 129 cm³/mol. The molecular formula is C24H26FN9O2. The standard InChI is InChI=1S/C24H26FN9O2/c25-17-4-5-19-18(13-17)16(14-29-19)6-10-28-23(36)24(7-11-26-12-8-24)30-21(35)15-34-32-22(31-33-34)20-3-1-2-9-27-20/h1-5,9,13-14,26,29H,6-8,10-12,15H2,(H,28,36)(H,30,35). The number of hydrogen-bond donors (Lipinski definition) is 4. The van der Waals surface area contributed by atoms with Crippen molar-refractivity contribution >= 4 is 22.7 Å². The second-order valence-corrected chi connectivity index (χ2v) is 8.75. The minimum atomic E-state index is -1.04. The molecule has 0 saturated carbocycles. The van der Waals surface area contributed by atoms with Crippen molar-refractivity contribution in [2.24, 2.45) is 0 Å². The van der Waals surface area contributed by atoms with Crippen LogP contribution in [0.4, 0.5) is 4.39 Å². The monoisotopic (exact) mass is 491 g/mol. The SMILES string of the molecule is O=C(Cn1nnc(-c2ccccn2)n1)NC1(C(=O)NCCc2c[nH]c3ccc(F)cc23)CCNCC1. The highest BCUT2D eigenvalue weighted by molar-refractivity contribution is 5.91. The molecule has 4 N–H and O–H groups in total. The molecule has 1 saturated heterocycles. The van der Waals surface area contributed by atoms with E-state index in [2.05, 4.69) is 41.3 Å². The number of halogens is 1. The summed E-state index contributed by atoms with van der Waals surface area (Å²) < 4.78 is 13.7. The first-order valence-corrected chi connectivity index (χ1v) is 11.8. The average molecular weight is 492 g/mol. The number of benzene rings is 1. The number of aromatic nitrogens is 6. The lowest BCUT2D eigenvalue weighted by molar-refractivity contribution is -0.135. The van der Waals surface area contributed by atoms with Gasteiger partial charge in [-0.05, 0) is 73.5 Å². The van der Waals surface area contributed by atoms with Crippen molar-refractivity contribution < 1.29 is 14.0 Å². The molecule has 0 radical (unpaired) electrons. The van der Waals surface area contributed by atoms with Gasteiger partial charge in [-0.25, -0.2) is 4.39 Å². The number of piperidine rings is 1. The molecule has 11 nitrogen and oxygen atoms in total. The lowest BCUT2D eigenvalue weighted by atomic mass is 9.87. The molecule has 1 aliphatic heterocycles. The van der Waals surface area contributed by atoms with Gasteiger partial charge in [-0.2, -0.15) is 4.80 Å². The second-order valence-electron chi connectivity index (χ2n) is 8.75. The Morgan fingerprint density at radius 2 is 2.03 bits per heavy atom. The fraction of sp³-hybridized carbons (Fsp3) is 0.333. The number of nitrogens with zero attached hydrogens (tertiary/aromatic N) is 5. The Balaban J connectivity index is 1.21. The summed E-state index contributed by atoms with van der Waals surface area (Å²) >= 11 is 0. The second kappa shape index (κ2) is 10.2. The van der Waals surface area contributed by atoms with Crippen LogP contribution in [0, 0.1) is 5.82 Å². The fourth-order valence-corrected chi connectivity index (χ4v) is 4.44. The van der Waals surface area contributed by atoms with Gasteiger partial charge < -0.3 is 20.9 Å². The summed E-state index contributed by atoms with van der Waals surface area (Å²) in [6, 6.07) is 9.92. The molecule has 1 fully saturated rings. The summed E-state index contributed by atoms with van der Waals surface area (Å²) in [6.07, 6.45) is 4.87. The van der Waals surface area contributed by atoms with Gasteiger partial charge >= 0.3 is 0 Å². The van der Waals surface area contributed by atoms with Crippen molar-refractivity contribution in [3.8, 4) is 11.5 Å². The first-order valence-electron chi connectivity index (χ1n) is 11.8. The minimum Gasteiger partial charge on any atom is -0.361 e. The van der Waals surface area contributed by atoms with E-state index in [1.54, 1.807) is 24.4 Å². The molecule has 0 aliphatic carbocycles. The van der Waals surface area contributed by atoms with Gasteiger partial charge in [0, 0.05) is 29.8 Å². The van der Waals surface area contributed by atoms with E-state index in [1.807, 2.05) is 12.3 Å². The number of nitrogens with one attached hydrogen (secondary N) is 4. The topological polar surface area (TPSA) is 143 Å². The zero-order valence-electron chi connectivity index (χ0n) is 19.5. The van der Waals surface area contributed by atoms with Gasteiger partial charge in [-0.15, -0.1) is 10.2 Å². The van der Waals surface area contributed by atoms with Crippen LogP contribution >= 0.6 is 0 Å². The molecule has 1 aliphatic rings. The maximum absolute atomic E-state index is 13.7. The van der Waals surface area contributed by atoms with E-state index in [9.17, 15) is 14.0 Å². The summed E-state index contributed by atoms with van der Waals surface area (Å²) in [4.78, 5) is 34.6. The first-order chi connectivity index (χ1) is 17.5. The van der Waals surface area contributed by atoms with E-state index in [-0.39, 0.29) is 24.2 Å². The Morgan fingerprint density at radius 3 is 2.83 bits per heavy atom. The minimum absolute atomic E-state index is 0.177. The molecule has 186 valence electrons. The van der Waals surface area contributed by atoms with Crippen molar-refractivity contribution in [2.45, 2.75) is 31.3 Å². The lowest BCUT2D eigenvalue weighted by Gasteiger charge is -2.37. The summed E-state index contributed by atoms with van der Waals surface area (Å²) in [5, 5.41) is 22.0. The number of rotatable bonds is 8. The molecule has 12 heteroatoms. The first kappa shape index (κ1) is 23.5. The normalized spacial score (nSPS) is 15.0. The van der Waals surface area contributed by atoms with E-state index < -0.39 is 5.54 Å². The Labute approximate surface area is 205 Å². The average Bonchev–Trinajstić information content (AvgIpc) is 3.52. The number of tetrazole rings is 1. The van der Waals surface area contributed by atoms with Crippen LogP contribution in [-0.4, -0.2) is 67.2 Å². The quantitative estimate of drug-likeness (QED) is 0.287. The van der Waals surface area contributed by atoms with Crippen LogP contribution < -0.4 is 16.0 Å². The Hall–Kier alpha value is -4.19. The van der Waals surface area contributed by atoms with Gasteiger partial charge in [0.05, 0.1) is 0 Å². The molecule has 4 aromatic rings. The highest BCUT2D eigenvalue weighted by Crippen LogP contribution is 2.21. The van der Waals surface area contributed by atoms with Gasteiger partial charge in [0.15, 0.2) is 0 Å². The van der Waals surface area contributed by atoms with Gasteiger partial charge in [-0.1, -0.05) is 6.07 Å². The number of fused-ring (bicyclic) bond motifs is 1. The smallest absolute Gasteiger partial charge is 0.245 e. The summed E-state index contributed by atoms with van der Waals surface area (Å²) in [5.74, 6) is -0.624. The van der Waals surface area contributed by atoms with Crippen LogP contribution in [0.3, 0.4) is 0 Å². The maximum atomic E-state index is 13.7. The van der Waals surface area contributed by atoms with E-state index in [1.165, 1.54) is 16.9 Å². The largest absolute Gasteiger partial charge is 0.361 e. The molecule has 0 bridgehead atoms. The lowest BCUT2D eigenvalue weighted by Crippen LogP contribution is -2.63. The molecule has 2 amide bonds. The maximum Gasteiger partial charge on any atom is 0.245 e. The van der Waals surface area contributed by atoms with Crippen molar-refractivity contribution in [3.63, 3.8) is 0 Å². The zero-order valence-corrected chi connectivity index (χ0v) is 19.5. The third-order valence-electron chi connectivity index (χ3n) is 6.31. The molecule has 36 heavy (non-hydrogen) atoms. The number of amides is 2. The molecule has 5 rings (SSSR count). The third-order valence-corrected chi connectivity index (χ3v) is 6.31. The molecule has 0 spiro atoms. The molecule has 0 atom stereocenters. The van der Waals surface area contributed by atoms with Crippen molar-refractivity contribution in [1.29, 1.82) is 0 Å². The van der Waals surface area contributed by atoms with Crippen LogP contribution in [0.15, 0.2) is 48.8 Å². The van der Waals surface area contributed by atoms with Crippen molar-refractivity contribution in [1.82, 2.24) is 46.1 Å². The Kier molecular flexibility index (Phi) is 6.67. The highest BCUT2D eigenvalue weighted by Gasteiger charge is 2.40. The van der Waals surface area contributed by atoms with Crippen LogP contribution in [0.2, 0.25) is 0 Å². The van der Waals surface area contributed by atoms with Gasteiger partial charge in [0.25, 0.3) is 0 Å². The Morgan fingerprint density at radius 1 is 1.17 bits per heavy atom. The molecule has 1 aromatic carbocycles. The Bertz CT molecular complexity index is 1360. The van der Waals surface area contributed by atoms with E-state index in [4.69, 9.17) is 0 Å².